The molecule has 1 amide bonds. The molecule has 0 aliphatic carbocycles. The molecule has 17 heavy (non-hydrogen) atoms. The molecule has 1 aliphatic rings. The van der Waals surface area contributed by atoms with Crippen molar-refractivity contribution in [2.45, 2.75) is 39.0 Å². The third-order valence-electron chi connectivity index (χ3n) is 2.83. The Hall–Kier alpha value is -1.58. The maximum atomic E-state index is 11.2. The summed E-state index contributed by atoms with van der Waals surface area (Å²) < 4.78 is 5.55. The first kappa shape index (κ1) is 11.9. The molecule has 0 saturated carbocycles. The molecule has 0 bridgehead atoms. The van der Waals surface area contributed by atoms with E-state index in [1.165, 1.54) is 12.8 Å². The van der Waals surface area contributed by atoms with Crippen LogP contribution in [0.5, 0.6) is 5.88 Å². The van der Waals surface area contributed by atoms with Gasteiger partial charge in [-0.2, -0.15) is 4.98 Å². The number of aryl methyl sites for hydroxylation is 1. The van der Waals surface area contributed by atoms with E-state index in [2.05, 4.69) is 17.2 Å². The second-order valence-electron chi connectivity index (χ2n) is 4.26. The number of nitrogens with one attached hydrogen (secondary N) is 1. The van der Waals surface area contributed by atoms with Gasteiger partial charge in [0, 0.05) is 12.5 Å². The summed E-state index contributed by atoms with van der Waals surface area (Å²) in [5.41, 5.74) is 1.09. The van der Waals surface area contributed by atoms with Crippen molar-refractivity contribution < 1.29 is 9.53 Å². The van der Waals surface area contributed by atoms with Crippen LogP contribution in [-0.4, -0.2) is 17.5 Å². The Kier molecular flexibility index (Phi) is 3.96. The molecule has 0 atom stereocenters. The summed E-state index contributed by atoms with van der Waals surface area (Å²) in [4.78, 5) is 15.6. The first-order valence-electron chi connectivity index (χ1n) is 6.22. The molecule has 1 aromatic heterocycles. The van der Waals surface area contributed by atoms with E-state index >= 15 is 0 Å². The summed E-state index contributed by atoms with van der Waals surface area (Å²) in [7, 11) is 0. The normalized spacial score (nSPS) is 14.1. The zero-order valence-corrected chi connectivity index (χ0v) is 10.2. The minimum atomic E-state index is 0.0353. The second kappa shape index (κ2) is 5.66. The summed E-state index contributed by atoms with van der Waals surface area (Å²) >= 11 is 0. The first-order chi connectivity index (χ1) is 8.29. The van der Waals surface area contributed by atoms with Crippen molar-refractivity contribution >= 4 is 11.7 Å². The minimum Gasteiger partial charge on any atom is -0.478 e. The van der Waals surface area contributed by atoms with E-state index in [0.717, 1.165) is 18.4 Å². The van der Waals surface area contributed by atoms with Gasteiger partial charge in [0.15, 0.2) is 0 Å². The standard InChI is InChI=1S/C13H18N2O2/c1-2-3-4-9-17-12-8-6-10-5-7-11(16)14-13(10)15-12/h6,8H,2-5,7,9H2,1H3,(H,14,15,16). The molecular formula is C13H18N2O2. The number of carbonyl (C=O) groups excluding carboxylic acids is 1. The zero-order chi connectivity index (χ0) is 12.1. The van der Waals surface area contributed by atoms with Gasteiger partial charge in [0.05, 0.1) is 6.61 Å². The molecule has 0 spiro atoms. The van der Waals surface area contributed by atoms with Gasteiger partial charge in [-0.3, -0.25) is 4.79 Å². The number of unbranched alkanes of at least 4 members (excludes halogenated alkanes) is 2. The summed E-state index contributed by atoms with van der Waals surface area (Å²) in [5.74, 6) is 1.30. The summed E-state index contributed by atoms with van der Waals surface area (Å²) in [6.45, 7) is 2.85. The first-order valence-corrected chi connectivity index (χ1v) is 6.22. The highest BCUT2D eigenvalue weighted by molar-refractivity contribution is 5.92. The predicted molar refractivity (Wildman–Crippen MR) is 66.2 cm³/mol. The van der Waals surface area contributed by atoms with E-state index in [4.69, 9.17) is 4.74 Å². The quantitative estimate of drug-likeness (QED) is 0.796. The van der Waals surface area contributed by atoms with Gasteiger partial charge in [-0.05, 0) is 24.5 Å². The lowest BCUT2D eigenvalue weighted by Crippen LogP contribution is -2.20. The lowest BCUT2D eigenvalue weighted by Gasteiger charge is -2.16. The van der Waals surface area contributed by atoms with E-state index in [9.17, 15) is 4.79 Å². The molecule has 4 heteroatoms. The third-order valence-corrected chi connectivity index (χ3v) is 2.83. The molecule has 0 unspecified atom stereocenters. The Labute approximate surface area is 101 Å². The molecular weight excluding hydrogens is 216 g/mol. The van der Waals surface area contributed by atoms with Gasteiger partial charge in [-0.15, -0.1) is 0 Å². The monoisotopic (exact) mass is 234 g/mol. The molecule has 0 radical (unpaired) electrons. The van der Waals surface area contributed by atoms with Crippen LogP contribution in [0, 0.1) is 0 Å². The summed E-state index contributed by atoms with van der Waals surface area (Å²) in [6.07, 6.45) is 4.70. The fourth-order valence-corrected chi connectivity index (χ4v) is 1.83. The molecule has 2 heterocycles. The van der Waals surface area contributed by atoms with Gasteiger partial charge in [0.25, 0.3) is 0 Å². The van der Waals surface area contributed by atoms with Crippen molar-refractivity contribution in [3.05, 3.63) is 17.7 Å². The van der Waals surface area contributed by atoms with E-state index in [1.54, 1.807) is 0 Å². The topological polar surface area (TPSA) is 51.2 Å². The minimum absolute atomic E-state index is 0.0353. The molecule has 92 valence electrons. The van der Waals surface area contributed by atoms with Gasteiger partial charge in [0.2, 0.25) is 11.8 Å². The maximum Gasteiger partial charge on any atom is 0.225 e. The van der Waals surface area contributed by atoms with Crippen molar-refractivity contribution in [2.75, 3.05) is 11.9 Å². The Morgan fingerprint density at radius 3 is 3.06 bits per heavy atom. The molecule has 1 aliphatic heterocycles. The van der Waals surface area contributed by atoms with Gasteiger partial charge in [-0.25, -0.2) is 0 Å². The lowest BCUT2D eigenvalue weighted by atomic mass is 10.1. The second-order valence-corrected chi connectivity index (χ2v) is 4.26. The zero-order valence-electron chi connectivity index (χ0n) is 10.2. The number of hydrogen-bond donors (Lipinski definition) is 1. The summed E-state index contributed by atoms with van der Waals surface area (Å²) in [5, 5.41) is 2.77. The molecule has 2 rings (SSSR count). The van der Waals surface area contributed by atoms with Crippen molar-refractivity contribution in [1.29, 1.82) is 0 Å². The average molecular weight is 234 g/mol. The van der Waals surface area contributed by atoms with E-state index in [-0.39, 0.29) is 5.91 Å². The number of fused-ring (bicyclic) bond motifs is 1. The summed E-state index contributed by atoms with van der Waals surface area (Å²) in [6, 6.07) is 3.86. The van der Waals surface area contributed by atoms with Crippen LogP contribution in [0.4, 0.5) is 5.82 Å². The lowest BCUT2D eigenvalue weighted by molar-refractivity contribution is -0.116. The van der Waals surface area contributed by atoms with Crippen molar-refractivity contribution in [1.82, 2.24) is 4.98 Å². The predicted octanol–water partition coefficient (Wildman–Crippen LogP) is 2.54. The number of carbonyl (C=O) groups is 1. The van der Waals surface area contributed by atoms with Gasteiger partial charge < -0.3 is 10.1 Å². The molecule has 1 aromatic rings. The van der Waals surface area contributed by atoms with Crippen LogP contribution >= 0.6 is 0 Å². The van der Waals surface area contributed by atoms with Crippen LogP contribution in [0.15, 0.2) is 12.1 Å². The Morgan fingerprint density at radius 1 is 1.35 bits per heavy atom. The number of nitrogens with zero attached hydrogens (tertiary/aromatic N) is 1. The van der Waals surface area contributed by atoms with Gasteiger partial charge in [0.1, 0.15) is 5.82 Å². The van der Waals surface area contributed by atoms with E-state index in [0.29, 0.717) is 24.7 Å². The van der Waals surface area contributed by atoms with E-state index in [1.807, 2.05) is 12.1 Å². The van der Waals surface area contributed by atoms with Crippen LogP contribution in [0.2, 0.25) is 0 Å². The average Bonchev–Trinajstić information content (AvgIpc) is 2.34. The highest BCUT2D eigenvalue weighted by Crippen LogP contribution is 2.23. The molecule has 0 fully saturated rings. The van der Waals surface area contributed by atoms with Crippen molar-refractivity contribution in [3.8, 4) is 5.88 Å². The number of aromatic nitrogens is 1. The van der Waals surface area contributed by atoms with E-state index < -0.39 is 0 Å². The largest absolute Gasteiger partial charge is 0.478 e. The van der Waals surface area contributed by atoms with Crippen molar-refractivity contribution in [2.24, 2.45) is 0 Å². The Bertz CT molecular complexity index is 404. The highest BCUT2D eigenvalue weighted by Gasteiger charge is 2.16. The highest BCUT2D eigenvalue weighted by atomic mass is 16.5. The number of amides is 1. The number of rotatable bonds is 5. The fourth-order valence-electron chi connectivity index (χ4n) is 1.83. The maximum absolute atomic E-state index is 11.2. The number of pyridine rings is 1. The molecule has 0 aromatic carbocycles. The van der Waals surface area contributed by atoms with Crippen LogP contribution < -0.4 is 10.1 Å². The van der Waals surface area contributed by atoms with Crippen molar-refractivity contribution in [3.63, 3.8) is 0 Å². The SMILES string of the molecule is CCCCCOc1ccc2c(n1)NC(=O)CC2. The smallest absolute Gasteiger partial charge is 0.225 e. The van der Waals surface area contributed by atoms with Crippen LogP contribution in [0.25, 0.3) is 0 Å². The number of anilines is 1. The molecule has 1 N–H and O–H groups in total. The van der Waals surface area contributed by atoms with Crippen LogP contribution in [0.1, 0.15) is 38.2 Å². The Morgan fingerprint density at radius 2 is 2.24 bits per heavy atom. The van der Waals surface area contributed by atoms with Gasteiger partial charge >= 0.3 is 0 Å². The molecule has 4 nitrogen and oxygen atoms in total. The molecule has 0 saturated heterocycles. The van der Waals surface area contributed by atoms with Crippen LogP contribution in [0.3, 0.4) is 0 Å². The third kappa shape index (κ3) is 3.19. The Balaban J connectivity index is 1.95. The van der Waals surface area contributed by atoms with Crippen LogP contribution in [-0.2, 0) is 11.2 Å². The fraction of sp³-hybridized carbons (Fsp3) is 0.538. The number of ether oxygens (including phenoxy) is 1. The number of hydrogen-bond acceptors (Lipinski definition) is 3. The van der Waals surface area contributed by atoms with Gasteiger partial charge in [-0.1, -0.05) is 19.8 Å².